The molecule has 0 radical (unpaired) electrons. The van der Waals surface area contributed by atoms with E-state index in [4.69, 9.17) is 4.74 Å². The molecule has 0 saturated carbocycles. The molecule has 0 N–H and O–H groups in total. The molecule has 0 saturated heterocycles. The van der Waals surface area contributed by atoms with Gasteiger partial charge in [-0.3, -0.25) is 4.79 Å². The number of hydrogen-bond acceptors (Lipinski definition) is 3. The number of carbonyl (C=O) groups excluding carboxylic acids is 1. The SMILES string of the molecule is COC(C)(C)CCC(=O)c1ccc(OC(F)(F)F)cc1. The first-order chi connectivity index (χ1) is 9.13. The van der Waals surface area contributed by atoms with E-state index in [-0.39, 0.29) is 18.0 Å². The van der Waals surface area contributed by atoms with E-state index < -0.39 is 12.0 Å². The van der Waals surface area contributed by atoms with Gasteiger partial charge in [0.15, 0.2) is 5.78 Å². The van der Waals surface area contributed by atoms with Crippen molar-refractivity contribution >= 4 is 5.78 Å². The standard InChI is InChI=1S/C14H17F3O3/c1-13(2,19-3)9-8-12(18)10-4-6-11(7-5-10)20-14(15,16)17/h4-7H,8-9H2,1-3H3. The summed E-state index contributed by atoms with van der Waals surface area (Å²) in [4.78, 5) is 11.9. The molecule has 1 aromatic carbocycles. The van der Waals surface area contributed by atoms with E-state index in [1.807, 2.05) is 13.8 Å². The zero-order valence-electron chi connectivity index (χ0n) is 11.6. The maximum Gasteiger partial charge on any atom is 0.573 e. The highest BCUT2D eigenvalue weighted by atomic mass is 19.4. The molecule has 0 amide bonds. The molecule has 0 atom stereocenters. The van der Waals surface area contributed by atoms with Gasteiger partial charge in [0.25, 0.3) is 0 Å². The van der Waals surface area contributed by atoms with Crippen molar-refractivity contribution in [3.8, 4) is 5.75 Å². The lowest BCUT2D eigenvalue weighted by atomic mass is 9.98. The summed E-state index contributed by atoms with van der Waals surface area (Å²) in [5.74, 6) is -0.486. The Morgan fingerprint density at radius 3 is 2.15 bits per heavy atom. The van der Waals surface area contributed by atoms with Crippen LogP contribution in [0.3, 0.4) is 0 Å². The number of methoxy groups -OCH3 is 1. The molecule has 0 aromatic heterocycles. The fourth-order valence-electron chi connectivity index (χ4n) is 1.50. The fraction of sp³-hybridized carbons (Fsp3) is 0.500. The maximum absolute atomic E-state index is 12.0. The summed E-state index contributed by atoms with van der Waals surface area (Å²) >= 11 is 0. The molecule has 3 nitrogen and oxygen atoms in total. The molecule has 0 aliphatic rings. The second kappa shape index (κ2) is 6.26. The lowest BCUT2D eigenvalue weighted by Crippen LogP contribution is -2.23. The molecule has 0 aliphatic heterocycles. The van der Waals surface area contributed by atoms with Crippen LogP contribution in [0.25, 0.3) is 0 Å². The molecule has 0 heterocycles. The molecule has 20 heavy (non-hydrogen) atoms. The maximum atomic E-state index is 12.0. The molecular weight excluding hydrogens is 273 g/mol. The Labute approximate surface area is 115 Å². The van der Waals surface area contributed by atoms with E-state index in [1.54, 1.807) is 7.11 Å². The van der Waals surface area contributed by atoms with E-state index in [2.05, 4.69) is 4.74 Å². The third-order valence-corrected chi connectivity index (χ3v) is 2.92. The van der Waals surface area contributed by atoms with Crippen molar-refractivity contribution in [2.75, 3.05) is 7.11 Å². The number of hydrogen-bond donors (Lipinski definition) is 0. The van der Waals surface area contributed by atoms with Crippen molar-refractivity contribution in [3.05, 3.63) is 29.8 Å². The van der Waals surface area contributed by atoms with Gasteiger partial charge >= 0.3 is 6.36 Å². The van der Waals surface area contributed by atoms with E-state index in [0.29, 0.717) is 12.0 Å². The molecule has 6 heteroatoms. The minimum atomic E-state index is -4.73. The predicted octanol–water partition coefficient (Wildman–Crippen LogP) is 3.97. The summed E-state index contributed by atoms with van der Waals surface area (Å²) in [6, 6.07) is 4.90. The van der Waals surface area contributed by atoms with Gasteiger partial charge in [-0.1, -0.05) is 0 Å². The monoisotopic (exact) mass is 290 g/mol. The molecule has 0 bridgehead atoms. The van der Waals surface area contributed by atoms with Crippen LogP contribution in [0.1, 0.15) is 37.0 Å². The normalized spacial score (nSPS) is 12.3. The number of alkyl halides is 3. The number of halogens is 3. The van der Waals surface area contributed by atoms with E-state index in [9.17, 15) is 18.0 Å². The molecule has 0 aliphatic carbocycles. The lowest BCUT2D eigenvalue weighted by Gasteiger charge is -2.22. The van der Waals surface area contributed by atoms with E-state index in [1.165, 1.54) is 12.1 Å². The molecular formula is C14H17F3O3. The van der Waals surface area contributed by atoms with Gasteiger partial charge < -0.3 is 9.47 Å². The van der Waals surface area contributed by atoms with Gasteiger partial charge in [0, 0.05) is 19.1 Å². The first-order valence-corrected chi connectivity index (χ1v) is 6.07. The van der Waals surface area contributed by atoms with Crippen LogP contribution in [-0.4, -0.2) is 24.9 Å². The van der Waals surface area contributed by atoms with E-state index >= 15 is 0 Å². The number of rotatable bonds is 6. The van der Waals surface area contributed by atoms with Crippen LogP contribution in [-0.2, 0) is 4.74 Å². The van der Waals surface area contributed by atoms with Crippen molar-refractivity contribution in [2.45, 2.75) is 38.7 Å². The quantitative estimate of drug-likeness (QED) is 0.744. The smallest absolute Gasteiger partial charge is 0.406 e. The molecule has 1 aromatic rings. The Morgan fingerprint density at radius 2 is 1.70 bits per heavy atom. The third-order valence-electron chi connectivity index (χ3n) is 2.92. The molecule has 0 spiro atoms. The first kappa shape index (κ1) is 16.5. The largest absolute Gasteiger partial charge is 0.573 e. The van der Waals surface area contributed by atoms with Crippen LogP contribution < -0.4 is 4.74 Å². The van der Waals surface area contributed by atoms with Crippen LogP contribution >= 0.6 is 0 Å². The average molecular weight is 290 g/mol. The summed E-state index contributed by atoms with van der Waals surface area (Å²) < 4.78 is 44.9. The van der Waals surface area contributed by atoms with Gasteiger partial charge in [0.1, 0.15) is 5.75 Å². The van der Waals surface area contributed by atoms with Gasteiger partial charge in [0.05, 0.1) is 5.60 Å². The highest BCUT2D eigenvalue weighted by Gasteiger charge is 2.31. The van der Waals surface area contributed by atoms with Gasteiger partial charge in [-0.05, 0) is 44.5 Å². The zero-order chi connectivity index (χ0) is 15.4. The summed E-state index contributed by atoms with van der Waals surface area (Å²) in [7, 11) is 1.56. The second-order valence-corrected chi connectivity index (χ2v) is 4.96. The third kappa shape index (κ3) is 5.61. The highest BCUT2D eigenvalue weighted by Crippen LogP contribution is 2.23. The number of ketones is 1. The van der Waals surface area contributed by atoms with Crippen LogP contribution in [0, 0.1) is 0 Å². The van der Waals surface area contributed by atoms with E-state index in [0.717, 1.165) is 12.1 Å². The van der Waals surface area contributed by atoms with Crippen molar-refractivity contribution in [3.63, 3.8) is 0 Å². The van der Waals surface area contributed by atoms with Crippen molar-refractivity contribution in [1.82, 2.24) is 0 Å². The zero-order valence-corrected chi connectivity index (χ0v) is 11.6. The molecule has 112 valence electrons. The Hall–Kier alpha value is -1.56. The average Bonchev–Trinajstić information content (AvgIpc) is 2.35. The van der Waals surface area contributed by atoms with Gasteiger partial charge in [0.2, 0.25) is 0 Å². The topological polar surface area (TPSA) is 35.5 Å². The van der Waals surface area contributed by atoms with Crippen molar-refractivity contribution < 1.29 is 27.4 Å². The lowest BCUT2D eigenvalue weighted by molar-refractivity contribution is -0.274. The fourth-order valence-corrected chi connectivity index (χ4v) is 1.50. The minimum Gasteiger partial charge on any atom is -0.406 e. The summed E-state index contributed by atoms with van der Waals surface area (Å²) in [6.45, 7) is 3.72. The number of benzene rings is 1. The Bertz CT molecular complexity index is 450. The molecule has 0 unspecified atom stereocenters. The Balaban J connectivity index is 2.62. The first-order valence-electron chi connectivity index (χ1n) is 6.07. The van der Waals surface area contributed by atoms with Gasteiger partial charge in [-0.2, -0.15) is 0 Å². The van der Waals surface area contributed by atoms with Crippen LogP contribution in [0.4, 0.5) is 13.2 Å². The number of Topliss-reactive ketones (excluding diaryl/α,β-unsaturated/α-hetero) is 1. The van der Waals surface area contributed by atoms with Gasteiger partial charge in [-0.15, -0.1) is 13.2 Å². The van der Waals surface area contributed by atoms with Crippen LogP contribution in [0.2, 0.25) is 0 Å². The minimum absolute atomic E-state index is 0.145. The molecule has 0 fully saturated rings. The van der Waals surface area contributed by atoms with Crippen LogP contribution in [0.15, 0.2) is 24.3 Å². The summed E-state index contributed by atoms with van der Waals surface area (Å²) in [5.41, 5.74) is -0.0546. The second-order valence-electron chi connectivity index (χ2n) is 4.96. The van der Waals surface area contributed by atoms with Gasteiger partial charge in [-0.25, -0.2) is 0 Å². The number of carbonyl (C=O) groups is 1. The number of ether oxygens (including phenoxy) is 2. The Kier molecular flexibility index (Phi) is 5.16. The highest BCUT2D eigenvalue weighted by molar-refractivity contribution is 5.96. The molecule has 1 rings (SSSR count). The predicted molar refractivity (Wildman–Crippen MR) is 67.8 cm³/mol. The van der Waals surface area contributed by atoms with Crippen LogP contribution in [0.5, 0.6) is 5.75 Å². The summed E-state index contributed by atoms with van der Waals surface area (Å²) in [6.07, 6.45) is -3.93. The van der Waals surface area contributed by atoms with Crippen molar-refractivity contribution in [1.29, 1.82) is 0 Å². The summed E-state index contributed by atoms with van der Waals surface area (Å²) in [5, 5.41) is 0. The Morgan fingerprint density at radius 1 is 1.15 bits per heavy atom. The van der Waals surface area contributed by atoms with Crippen molar-refractivity contribution in [2.24, 2.45) is 0 Å².